The molecule has 2 rings (SSSR count). The summed E-state index contributed by atoms with van der Waals surface area (Å²) in [6.45, 7) is 0. The van der Waals surface area contributed by atoms with E-state index in [4.69, 9.17) is 5.73 Å². The number of aromatic amines is 1. The molecule has 0 amide bonds. The molecule has 0 unspecified atom stereocenters. The number of hydrogen-bond acceptors (Lipinski definition) is 5. The van der Waals surface area contributed by atoms with E-state index in [0.29, 0.717) is 0 Å². The highest BCUT2D eigenvalue weighted by atomic mass is 32.2. The van der Waals surface area contributed by atoms with E-state index in [-0.39, 0.29) is 16.5 Å². The SMILES string of the molecule is Nc1[nH]ncc1S(=O)(=O)Nc1ccc(F)cn1. The average molecular weight is 257 g/mol. The van der Waals surface area contributed by atoms with Crippen molar-refractivity contribution < 1.29 is 12.8 Å². The van der Waals surface area contributed by atoms with Crippen LogP contribution in [0.5, 0.6) is 0 Å². The van der Waals surface area contributed by atoms with Crippen LogP contribution in [0.15, 0.2) is 29.4 Å². The predicted molar refractivity (Wildman–Crippen MR) is 58.0 cm³/mol. The number of H-pyrrole nitrogens is 1. The number of hydrogen-bond donors (Lipinski definition) is 3. The summed E-state index contributed by atoms with van der Waals surface area (Å²) in [4.78, 5) is 3.38. The molecule has 9 heteroatoms. The average Bonchev–Trinajstić information content (AvgIpc) is 2.68. The molecule has 0 aromatic carbocycles. The Bertz CT molecular complexity index is 622. The highest BCUT2D eigenvalue weighted by Crippen LogP contribution is 2.17. The number of nitrogens with zero attached hydrogens (tertiary/aromatic N) is 2. The molecule has 90 valence electrons. The summed E-state index contributed by atoms with van der Waals surface area (Å²) < 4.78 is 38.3. The second-order valence-corrected chi connectivity index (χ2v) is 4.77. The quantitative estimate of drug-likeness (QED) is 0.733. The van der Waals surface area contributed by atoms with Crippen LogP contribution in [0.25, 0.3) is 0 Å². The lowest BCUT2D eigenvalue weighted by atomic mass is 10.5. The van der Waals surface area contributed by atoms with E-state index >= 15 is 0 Å². The van der Waals surface area contributed by atoms with Crippen LogP contribution in [0, 0.1) is 5.82 Å². The Labute approximate surface area is 95.9 Å². The summed E-state index contributed by atoms with van der Waals surface area (Å²) in [6, 6.07) is 2.28. The van der Waals surface area contributed by atoms with Gasteiger partial charge in [-0.25, -0.2) is 17.8 Å². The first kappa shape index (κ1) is 11.3. The number of halogens is 1. The smallest absolute Gasteiger partial charge is 0.268 e. The maximum absolute atomic E-state index is 12.6. The molecule has 7 nitrogen and oxygen atoms in total. The molecule has 0 saturated carbocycles. The number of rotatable bonds is 3. The number of nitrogen functional groups attached to an aromatic ring is 1. The lowest BCUT2D eigenvalue weighted by molar-refractivity contribution is 0.601. The molecule has 0 aliphatic rings. The maximum Gasteiger partial charge on any atom is 0.268 e. The van der Waals surface area contributed by atoms with Crippen molar-refractivity contribution in [2.75, 3.05) is 10.5 Å². The Morgan fingerprint density at radius 2 is 2.12 bits per heavy atom. The Morgan fingerprint density at radius 1 is 1.35 bits per heavy atom. The zero-order chi connectivity index (χ0) is 12.5. The number of aromatic nitrogens is 3. The molecule has 2 aromatic rings. The molecule has 0 radical (unpaired) electrons. The standard InChI is InChI=1S/C8H8FN5O2S/c9-5-1-2-7(11-3-5)14-17(15,16)6-4-12-13-8(6)10/h1-4H,(H,11,14)(H3,10,12,13). The first-order valence-electron chi connectivity index (χ1n) is 4.42. The maximum atomic E-state index is 12.6. The lowest BCUT2D eigenvalue weighted by Gasteiger charge is -2.05. The van der Waals surface area contributed by atoms with Crippen LogP contribution in [-0.4, -0.2) is 23.6 Å². The van der Waals surface area contributed by atoms with Gasteiger partial charge in [0.1, 0.15) is 22.3 Å². The molecule has 2 heterocycles. The predicted octanol–water partition coefficient (Wildman–Crippen LogP) is 0.327. The second kappa shape index (κ2) is 4.01. The van der Waals surface area contributed by atoms with E-state index in [9.17, 15) is 12.8 Å². The fraction of sp³-hybridized carbons (Fsp3) is 0. The zero-order valence-corrected chi connectivity index (χ0v) is 9.20. The van der Waals surface area contributed by atoms with Gasteiger partial charge in [-0.3, -0.25) is 9.82 Å². The Balaban J connectivity index is 2.30. The molecule has 0 aliphatic heterocycles. The van der Waals surface area contributed by atoms with Gasteiger partial charge < -0.3 is 5.73 Å². The molecule has 0 aliphatic carbocycles. The van der Waals surface area contributed by atoms with E-state index in [2.05, 4.69) is 19.9 Å². The minimum Gasteiger partial charge on any atom is -0.383 e. The number of nitrogens with one attached hydrogen (secondary N) is 2. The van der Waals surface area contributed by atoms with Gasteiger partial charge in [0.15, 0.2) is 0 Å². The van der Waals surface area contributed by atoms with Crippen LogP contribution in [-0.2, 0) is 10.0 Å². The number of pyridine rings is 1. The summed E-state index contributed by atoms with van der Waals surface area (Å²) in [7, 11) is -3.87. The Hall–Kier alpha value is -2.16. The molecule has 0 saturated heterocycles. The van der Waals surface area contributed by atoms with Crippen LogP contribution in [0.2, 0.25) is 0 Å². The van der Waals surface area contributed by atoms with Crippen molar-refractivity contribution in [3.05, 3.63) is 30.3 Å². The van der Waals surface area contributed by atoms with Crippen molar-refractivity contribution in [3.8, 4) is 0 Å². The van der Waals surface area contributed by atoms with Crippen molar-refractivity contribution in [1.29, 1.82) is 0 Å². The third kappa shape index (κ3) is 2.33. The van der Waals surface area contributed by atoms with E-state index < -0.39 is 15.8 Å². The largest absolute Gasteiger partial charge is 0.383 e. The molecule has 0 spiro atoms. The summed E-state index contributed by atoms with van der Waals surface area (Å²) in [5, 5.41) is 5.79. The topological polar surface area (TPSA) is 114 Å². The summed E-state index contributed by atoms with van der Waals surface area (Å²) in [6.07, 6.45) is 1.97. The molecule has 4 N–H and O–H groups in total. The second-order valence-electron chi connectivity index (χ2n) is 3.12. The number of nitrogens with two attached hydrogens (primary N) is 1. The fourth-order valence-electron chi connectivity index (χ4n) is 1.13. The van der Waals surface area contributed by atoms with Crippen LogP contribution < -0.4 is 10.5 Å². The van der Waals surface area contributed by atoms with Gasteiger partial charge in [-0.15, -0.1) is 0 Å². The minimum atomic E-state index is -3.87. The van der Waals surface area contributed by atoms with E-state index in [0.717, 1.165) is 18.5 Å². The monoisotopic (exact) mass is 257 g/mol. The molecule has 0 atom stereocenters. The van der Waals surface area contributed by atoms with Gasteiger partial charge in [-0.05, 0) is 12.1 Å². The molecular formula is C8H8FN5O2S. The highest BCUT2D eigenvalue weighted by molar-refractivity contribution is 7.92. The number of sulfonamides is 1. The molecular weight excluding hydrogens is 249 g/mol. The van der Waals surface area contributed by atoms with Crippen molar-refractivity contribution in [2.45, 2.75) is 4.90 Å². The number of anilines is 2. The van der Waals surface area contributed by atoms with Gasteiger partial charge in [-0.2, -0.15) is 5.10 Å². The fourth-order valence-corrected chi connectivity index (χ4v) is 2.16. The first-order chi connectivity index (χ1) is 7.99. The zero-order valence-electron chi connectivity index (χ0n) is 8.38. The summed E-state index contributed by atoms with van der Waals surface area (Å²) in [5.41, 5.74) is 5.39. The van der Waals surface area contributed by atoms with E-state index in [1.807, 2.05) is 0 Å². The Morgan fingerprint density at radius 3 is 2.65 bits per heavy atom. The van der Waals surface area contributed by atoms with Crippen molar-refractivity contribution in [2.24, 2.45) is 0 Å². The van der Waals surface area contributed by atoms with Crippen LogP contribution >= 0.6 is 0 Å². The van der Waals surface area contributed by atoms with Crippen LogP contribution in [0.3, 0.4) is 0 Å². The summed E-state index contributed by atoms with van der Waals surface area (Å²) in [5.74, 6) is -0.651. The van der Waals surface area contributed by atoms with Gasteiger partial charge >= 0.3 is 0 Å². The highest BCUT2D eigenvalue weighted by Gasteiger charge is 2.19. The lowest BCUT2D eigenvalue weighted by Crippen LogP contribution is -2.14. The van der Waals surface area contributed by atoms with Crippen molar-refractivity contribution in [1.82, 2.24) is 15.2 Å². The molecule has 2 aromatic heterocycles. The van der Waals surface area contributed by atoms with Gasteiger partial charge in [0, 0.05) is 0 Å². The third-order valence-corrected chi connectivity index (χ3v) is 3.27. The van der Waals surface area contributed by atoms with Crippen molar-refractivity contribution >= 4 is 21.7 Å². The van der Waals surface area contributed by atoms with Gasteiger partial charge in [-0.1, -0.05) is 0 Å². The van der Waals surface area contributed by atoms with Gasteiger partial charge in [0.2, 0.25) is 0 Å². The van der Waals surface area contributed by atoms with Crippen molar-refractivity contribution in [3.63, 3.8) is 0 Å². The molecule has 17 heavy (non-hydrogen) atoms. The third-order valence-electron chi connectivity index (χ3n) is 1.89. The normalized spacial score (nSPS) is 11.4. The molecule has 0 fully saturated rings. The van der Waals surface area contributed by atoms with Gasteiger partial charge in [0.25, 0.3) is 10.0 Å². The first-order valence-corrected chi connectivity index (χ1v) is 5.90. The van der Waals surface area contributed by atoms with Gasteiger partial charge in [0.05, 0.1) is 12.4 Å². The molecule has 0 bridgehead atoms. The summed E-state index contributed by atoms with van der Waals surface area (Å²) >= 11 is 0. The van der Waals surface area contributed by atoms with E-state index in [1.165, 1.54) is 6.07 Å². The Kier molecular flexibility index (Phi) is 2.68. The van der Waals surface area contributed by atoms with Crippen LogP contribution in [0.4, 0.5) is 16.0 Å². The van der Waals surface area contributed by atoms with Crippen LogP contribution in [0.1, 0.15) is 0 Å². The minimum absolute atomic E-state index is 0.00741. The van der Waals surface area contributed by atoms with E-state index in [1.54, 1.807) is 0 Å².